The zero-order valence-electron chi connectivity index (χ0n) is 15.7. The summed E-state index contributed by atoms with van der Waals surface area (Å²) in [5.41, 5.74) is -0.677. The van der Waals surface area contributed by atoms with Crippen molar-refractivity contribution in [1.82, 2.24) is 15.2 Å². The summed E-state index contributed by atoms with van der Waals surface area (Å²) in [6.45, 7) is 3.42. The van der Waals surface area contributed by atoms with E-state index >= 15 is 0 Å². The number of likely N-dealkylation sites (tertiary alicyclic amines) is 1. The third-order valence-electron chi connectivity index (χ3n) is 4.28. The van der Waals surface area contributed by atoms with Gasteiger partial charge in [-0.25, -0.2) is 9.37 Å². The highest BCUT2D eigenvalue weighted by molar-refractivity contribution is 5.90. The van der Waals surface area contributed by atoms with E-state index in [1.165, 1.54) is 18.2 Å². The fourth-order valence-electron chi connectivity index (χ4n) is 2.83. The number of hydrogen-bond acceptors (Lipinski definition) is 6. The van der Waals surface area contributed by atoms with E-state index in [1.807, 2.05) is 6.07 Å². The smallest absolute Gasteiger partial charge is 0.237 e. The van der Waals surface area contributed by atoms with Gasteiger partial charge in [-0.2, -0.15) is 5.26 Å². The molecule has 8 nitrogen and oxygen atoms in total. The summed E-state index contributed by atoms with van der Waals surface area (Å²) in [6, 6.07) is 4.53. The fraction of sp³-hybridized carbons (Fsp3) is 0.556. The maximum Gasteiger partial charge on any atom is 0.237 e. The number of carbonyl (C=O) groups is 2. The van der Waals surface area contributed by atoms with Gasteiger partial charge < -0.3 is 20.3 Å². The Morgan fingerprint density at radius 1 is 1.48 bits per heavy atom. The predicted molar refractivity (Wildman–Crippen MR) is 96.7 cm³/mol. The number of amides is 2. The lowest BCUT2D eigenvalue weighted by atomic mass is 10.00. The third-order valence-corrected chi connectivity index (χ3v) is 4.28. The summed E-state index contributed by atoms with van der Waals surface area (Å²) < 4.78 is 18.4. The van der Waals surface area contributed by atoms with Crippen LogP contribution in [0.2, 0.25) is 0 Å². The molecule has 146 valence electrons. The van der Waals surface area contributed by atoms with Crippen molar-refractivity contribution in [2.45, 2.75) is 44.4 Å². The molecule has 2 rings (SSSR count). The average molecular weight is 377 g/mol. The minimum absolute atomic E-state index is 0.0445. The molecule has 9 heteroatoms. The van der Waals surface area contributed by atoms with Crippen LogP contribution in [0.3, 0.4) is 0 Å². The molecule has 1 aromatic heterocycles. The molecule has 0 unspecified atom stereocenters. The Labute approximate surface area is 157 Å². The highest BCUT2D eigenvalue weighted by Gasteiger charge is 2.35. The van der Waals surface area contributed by atoms with E-state index in [4.69, 9.17) is 10.00 Å². The molecule has 1 aromatic rings. The lowest BCUT2D eigenvalue weighted by molar-refractivity contribution is -0.131. The SMILES string of the molecule is COc1ccc(NC(=O)CC(C)(C)NCC(=O)N2C[C@@H](F)C[C@H]2C#N)nc1. The van der Waals surface area contributed by atoms with Crippen LogP contribution in [0, 0.1) is 11.3 Å². The van der Waals surface area contributed by atoms with Crippen molar-refractivity contribution in [3.63, 3.8) is 0 Å². The Morgan fingerprint density at radius 2 is 2.22 bits per heavy atom. The third kappa shape index (κ3) is 5.89. The number of aromatic nitrogens is 1. The maximum absolute atomic E-state index is 13.4. The molecule has 0 aliphatic carbocycles. The summed E-state index contributed by atoms with van der Waals surface area (Å²) in [6.07, 6.45) is 0.469. The zero-order valence-corrected chi connectivity index (χ0v) is 15.7. The Kier molecular flexibility index (Phi) is 6.69. The van der Waals surface area contributed by atoms with Crippen molar-refractivity contribution in [3.8, 4) is 11.8 Å². The van der Waals surface area contributed by atoms with E-state index in [1.54, 1.807) is 26.0 Å². The molecule has 2 amide bonds. The first kappa shape index (κ1) is 20.6. The first-order chi connectivity index (χ1) is 12.7. The Balaban J connectivity index is 1.83. The molecular weight excluding hydrogens is 353 g/mol. The van der Waals surface area contributed by atoms with Crippen LogP contribution in [0.4, 0.5) is 10.2 Å². The molecule has 1 saturated heterocycles. The van der Waals surface area contributed by atoms with E-state index in [9.17, 15) is 14.0 Å². The highest BCUT2D eigenvalue weighted by Crippen LogP contribution is 2.20. The van der Waals surface area contributed by atoms with Crippen molar-refractivity contribution in [3.05, 3.63) is 18.3 Å². The van der Waals surface area contributed by atoms with Gasteiger partial charge in [0.2, 0.25) is 11.8 Å². The lowest BCUT2D eigenvalue weighted by Crippen LogP contribution is -2.49. The fourth-order valence-corrected chi connectivity index (χ4v) is 2.83. The number of nitrogens with zero attached hydrogens (tertiary/aromatic N) is 3. The summed E-state index contributed by atoms with van der Waals surface area (Å²) in [5, 5.41) is 14.7. The molecule has 2 heterocycles. The second-order valence-corrected chi connectivity index (χ2v) is 7.07. The second kappa shape index (κ2) is 8.77. The van der Waals surface area contributed by atoms with Crippen LogP contribution in [0.15, 0.2) is 18.3 Å². The molecule has 2 atom stereocenters. The van der Waals surface area contributed by atoms with Crippen LogP contribution in [0.1, 0.15) is 26.7 Å². The minimum atomic E-state index is -1.17. The van der Waals surface area contributed by atoms with E-state index in [2.05, 4.69) is 15.6 Å². The van der Waals surface area contributed by atoms with Crippen molar-refractivity contribution in [2.75, 3.05) is 25.5 Å². The molecule has 1 aliphatic heterocycles. The second-order valence-electron chi connectivity index (χ2n) is 7.07. The quantitative estimate of drug-likeness (QED) is 0.741. The first-order valence-corrected chi connectivity index (χ1v) is 8.62. The predicted octanol–water partition coefficient (Wildman–Crippen LogP) is 1.25. The number of ether oxygens (including phenoxy) is 1. The van der Waals surface area contributed by atoms with Crippen molar-refractivity contribution >= 4 is 17.6 Å². The average Bonchev–Trinajstić information content (AvgIpc) is 3.01. The summed E-state index contributed by atoms with van der Waals surface area (Å²) in [4.78, 5) is 29.8. The van der Waals surface area contributed by atoms with Gasteiger partial charge in [-0.1, -0.05) is 0 Å². The molecule has 2 N–H and O–H groups in total. The standard InChI is InChI=1S/C18H24FN5O3/c1-18(2,7-16(25)23-15-5-4-14(27-3)9-21-15)22-10-17(26)24-11-12(19)6-13(24)8-20/h4-5,9,12-13,22H,6-7,10-11H2,1-3H3,(H,21,23,25)/t12-,13-/m0/s1. The molecule has 0 aromatic carbocycles. The summed E-state index contributed by atoms with van der Waals surface area (Å²) in [5.74, 6) is 0.363. The topological polar surface area (TPSA) is 107 Å². The number of carbonyl (C=O) groups excluding carboxylic acids is 2. The number of pyridine rings is 1. The molecule has 1 aliphatic rings. The molecule has 27 heavy (non-hydrogen) atoms. The van der Waals surface area contributed by atoms with Gasteiger partial charge in [0.15, 0.2) is 0 Å². The summed E-state index contributed by atoms with van der Waals surface area (Å²) in [7, 11) is 1.53. The largest absolute Gasteiger partial charge is 0.495 e. The number of halogens is 1. The molecule has 0 saturated carbocycles. The van der Waals surface area contributed by atoms with Crippen LogP contribution in [-0.2, 0) is 9.59 Å². The van der Waals surface area contributed by atoms with E-state index in [0.29, 0.717) is 11.6 Å². The van der Waals surface area contributed by atoms with Gasteiger partial charge in [-0.15, -0.1) is 0 Å². The molecular formula is C18H24FN5O3. The lowest BCUT2D eigenvalue weighted by Gasteiger charge is -2.27. The number of rotatable bonds is 7. The molecule has 0 radical (unpaired) electrons. The van der Waals surface area contributed by atoms with Gasteiger partial charge >= 0.3 is 0 Å². The maximum atomic E-state index is 13.4. The van der Waals surface area contributed by atoms with E-state index < -0.39 is 17.8 Å². The normalized spacial score (nSPS) is 19.4. The van der Waals surface area contributed by atoms with E-state index in [0.717, 1.165) is 0 Å². The van der Waals surface area contributed by atoms with Crippen LogP contribution in [-0.4, -0.2) is 59.6 Å². The number of anilines is 1. The van der Waals surface area contributed by atoms with Crippen molar-refractivity contribution in [1.29, 1.82) is 5.26 Å². The van der Waals surface area contributed by atoms with Gasteiger partial charge in [0.25, 0.3) is 0 Å². The monoisotopic (exact) mass is 377 g/mol. The molecule has 1 fully saturated rings. The number of methoxy groups -OCH3 is 1. The van der Waals surface area contributed by atoms with Gasteiger partial charge in [0, 0.05) is 18.4 Å². The Hall–Kier alpha value is -2.73. The van der Waals surface area contributed by atoms with Gasteiger partial charge in [0.05, 0.1) is 32.5 Å². The van der Waals surface area contributed by atoms with Crippen LogP contribution in [0.5, 0.6) is 5.75 Å². The van der Waals surface area contributed by atoms with E-state index in [-0.39, 0.29) is 37.7 Å². The number of hydrogen-bond donors (Lipinski definition) is 2. The Bertz CT molecular complexity index is 717. The first-order valence-electron chi connectivity index (χ1n) is 8.62. The molecule has 0 spiro atoms. The van der Waals surface area contributed by atoms with Gasteiger partial charge in [-0.3, -0.25) is 9.59 Å². The zero-order chi connectivity index (χ0) is 20.0. The van der Waals surface area contributed by atoms with Gasteiger partial charge in [0.1, 0.15) is 23.8 Å². The Morgan fingerprint density at radius 3 is 2.81 bits per heavy atom. The number of alkyl halides is 1. The number of nitrogens with one attached hydrogen (secondary N) is 2. The summed E-state index contributed by atoms with van der Waals surface area (Å²) >= 11 is 0. The van der Waals surface area contributed by atoms with Crippen molar-refractivity contribution in [2.24, 2.45) is 0 Å². The van der Waals surface area contributed by atoms with Crippen LogP contribution < -0.4 is 15.4 Å². The minimum Gasteiger partial charge on any atom is -0.495 e. The van der Waals surface area contributed by atoms with Crippen molar-refractivity contribution < 1.29 is 18.7 Å². The van der Waals surface area contributed by atoms with Crippen LogP contribution >= 0.6 is 0 Å². The highest BCUT2D eigenvalue weighted by atomic mass is 19.1. The number of nitriles is 1. The van der Waals surface area contributed by atoms with Crippen LogP contribution in [0.25, 0.3) is 0 Å². The molecule has 0 bridgehead atoms. The van der Waals surface area contributed by atoms with Gasteiger partial charge in [-0.05, 0) is 26.0 Å².